The van der Waals surface area contributed by atoms with E-state index in [1.165, 1.54) is 0 Å². The van der Waals surface area contributed by atoms with Crippen LogP contribution < -0.4 is 10.2 Å². The largest absolute Gasteiger partial charge is 0.369 e. The van der Waals surface area contributed by atoms with Crippen molar-refractivity contribution in [3.63, 3.8) is 0 Å². The minimum Gasteiger partial charge on any atom is -0.369 e. The highest BCUT2D eigenvalue weighted by molar-refractivity contribution is 6.30. The van der Waals surface area contributed by atoms with Crippen LogP contribution in [0.1, 0.15) is 39.2 Å². The van der Waals surface area contributed by atoms with E-state index < -0.39 is 17.7 Å². The summed E-state index contributed by atoms with van der Waals surface area (Å²) < 4.78 is 0. The molecule has 0 spiro atoms. The van der Waals surface area contributed by atoms with Gasteiger partial charge in [0, 0.05) is 42.2 Å². The SMILES string of the molecule is C\C=C/C(C)=N\C(C(C)=N)=C(\C(=O)Nc1ccc(ON2C(=O)CCC2=O)cc1)c1cccnc1. The van der Waals surface area contributed by atoms with E-state index in [-0.39, 0.29) is 35.6 Å². The third kappa shape index (κ3) is 5.89. The molecule has 1 saturated heterocycles. The Morgan fingerprint density at radius 1 is 1.15 bits per heavy atom. The summed E-state index contributed by atoms with van der Waals surface area (Å²) in [7, 11) is 0. The molecule has 0 unspecified atom stereocenters. The van der Waals surface area contributed by atoms with Gasteiger partial charge < -0.3 is 15.6 Å². The number of amides is 3. The monoisotopic (exact) mass is 459 g/mol. The van der Waals surface area contributed by atoms with E-state index in [4.69, 9.17) is 10.2 Å². The summed E-state index contributed by atoms with van der Waals surface area (Å²) in [6.07, 6.45) is 7.00. The summed E-state index contributed by atoms with van der Waals surface area (Å²) in [5.41, 5.74) is 2.18. The normalized spacial score (nSPS) is 14.9. The lowest BCUT2D eigenvalue weighted by atomic mass is 10.0. The number of imide groups is 1. The number of allylic oxidation sites excluding steroid dienone is 3. The Morgan fingerprint density at radius 3 is 2.38 bits per heavy atom. The number of carbonyl (C=O) groups excluding carboxylic acids is 3. The van der Waals surface area contributed by atoms with Gasteiger partial charge in [-0.3, -0.25) is 24.4 Å². The summed E-state index contributed by atoms with van der Waals surface area (Å²) in [6.45, 7) is 5.21. The van der Waals surface area contributed by atoms with Gasteiger partial charge in [0.1, 0.15) is 0 Å². The third-order valence-corrected chi connectivity index (χ3v) is 4.78. The number of anilines is 1. The third-order valence-electron chi connectivity index (χ3n) is 4.78. The molecule has 2 N–H and O–H groups in total. The molecule has 9 heteroatoms. The fourth-order valence-electron chi connectivity index (χ4n) is 3.22. The molecular weight excluding hydrogens is 434 g/mol. The highest BCUT2D eigenvalue weighted by Gasteiger charge is 2.31. The average molecular weight is 460 g/mol. The van der Waals surface area contributed by atoms with Crippen LogP contribution in [0.3, 0.4) is 0 Å². The van der Waals surface area contributed by atoms with Gasteiger partial charge in [-0.05, 0) is 57.2 Å². The first-order valence-electron chi connectivity index (χ1n) is 10.6. The van der Waals surface area contributed by atoms with Crippen molar-refractivity contribution in [2.75, 3.05) is 5.32 Å². The first kappa shape index (κ1) is 24.2. The molecule has 1 aromatic heterocycles. The number of aliphatic imine (C=N–C) groups is 1. The Kier molecular flexibility index (Phi) is 7.81. The van der Waals surface area contributed by atoms with Gasteiger partial charge in [-0.1, -0.05) is 12.1 Å². The summed E-state index contributed by atoms with van der Waals surface area (Å²) in [5, 5.41) is 11.8. The lowest BCUT2D eigenvalue weighted by molar-refractivity contribution is -0.164. The van der Waals surface area contributed by atoms with Crippen LogP contribution in [0.15, 0.2) is 71.6 Å². The van der Waals surface area contributed by atoms with Crippen LogP contribution in [0.4, 0.5) is 5.69 Å². The van der Waals surface area contributed by atoms with E-state index in [1.807, 2.05) is 13.0 Å². The quantitative estimate of drug-likeness (QED) is 0.351. The second-order valence-corrected chi connectivity index (χ2v) is 7.50. The van der Waals surface area contributed by atoms with Crippen molar-refractivity contribution in [2.45, 2.75) is 33.6 Å². The molecule has 0 aliphatic carbocycles. The smallest absolute Gasteiger partial charge is 0.263 e. The number of hydrogen-bond acceptors (Lipinski definition) is 7. The molecule has 1 aliphatic rings. The van der Waals surface area contributed by atoms with Gasteiger partial charge in [0.05, 0.1) is 17.0 Å². The molecule has 3 rings (SSSR count). The van der Waals surface area contributed by atoms with Crippen molar-refractivity contribution in [3.8, 4) is 5.75 Å². The van der Waals surface area contributed by atoms with Crippen LogP contribution in [0.2, 0.25) is 0 Å². The number of carbonyl (C=O) groups is 3. The standard InChI is InChI=1S/C25H25N5O4/c1-4-6-16(2)28-24(17(3)26)23(18-7-5-14-27-15-18)25(33)29-19-8-10-20(11-9-19)34-30-21(31)12-13-22(30)32/h4-11,14-15,26H,12-13H2,1-3H3,(H,29,33)/b6-4-,24-23+,26-17?,28-16-. The van der Waals surface area contributed by atoms with E-state index in [2.05, 4.69) is 15.3 Å². The number of aromatic nitrogens is 1. The minimum atomic E-state index is -0.467. The van der Waals surface area contributed by atoms with Gasteiger partial charge in [0.25, 0.3) is 17.7 Å². The highest BCUT2D eigenvalue weighted by Crippen LogP contribution is 2.25. The van der Waals surface area contributed by atoms with Gasteiger partial charge in [0.15, 0.2) is 5.75 Å². The van der Waals surface area contributed by atoms with Crippen molar-refractivity contribution < 1.29 is 19.2 Å². The number of hydrogen-bond donors (Lipinski definition) is 2. The van der Waals surface area contributed by atoms with Crippen molar-refractivity contribution >= 4 is 40.4 Å². The lowest BCUT2D eigenvalue weighted by Gasteiger charge is -2.15. The van der Waals surface area contributed by atoms with Crippen molar-refractivity contribution in [2.24, 2.45) is 4.99 Å². The molecule has 0 atom stereocenters. The molecule has 9 nitrogen and oxygen atoms in total. The molecule has 34 heavy (non-hydrogen) atoms. The van der Waals surface area contributed by atoms with Crippen LogP contribution in [0.5, 0.6) is 5.75 Å². The Hall–Kier alpha value is -4.40. The molecule has 0 saturated carbocycles. The minimum absolute atomic E-state index is 0.126. The zero-order valence-electron chi connectivity index (χ0n) is 19.2. The summed E-state index contributed by atoms with van der Waals surface area (Å²) >= 11 is 0. The van der Waals surface area contributed by atoms with Crippen LogP contribution in [-0.4, -0.2) is 39.2 Å². The molecule has 1 aromatic carbocycles. The lowest BCUT2D eigenvalue weighted by Crippen LogP contribution is -2.32. The molecule has 174 valence electrons. The first-order chi connectivity index (χ1) is 16.3. The maximum absolute atomic E-state index is 13.3. The first-order valence-corrected chi connectivity index (χ1v) is 10.6. The molecular formula is C25H25N5O4. The molecule has 3 amide bonds. The Balaban J connectivity index is 1.90. The van der Waals surface area contributed by atoms with Gasteiger partial charge in [-0.2, -0.15) is 0 Å². The van der Waals surface area contributed by atoms with Crippen LogP contribution in [0, 0.1) is 5.41 Å². The molecule has 0 radical (unpaired) electrons. The number of nitrogens with zero attached hydrogens (tertiary/aromatic N) is 3. The fraction of sp³-hybridized carbons (Fsp3) is 0.200. The van der Waals surface area contributed by atoms with Crippen molar-refractivity contribution in [1.29, 1.82) is 5.41 Å². The van der Waals surface area contributed by atoms with E-state index in [9.17, 15) is 14.4 Å². The van der Waals surface area contributed by atoms with Crippen LogP contribution in [0.25, 0.3) is 5.57 Å². The number of hydroxylamine groups is 2. The van der Waals surface area contributed by atoms with E-state index >= 15 is 0 Å². The predicted molar refractivity (Wildman–Crippen MR) is 129 cm³/mol. The Morgan fingerprint density at radius 2 is 1.82 bits per heavy atom. The predicted octanol–water partition coefficient (Wildman–Crippen LogP) is 3.95. The van der Waals surface area contributed by atoms with Crippen LogP contribution in [-0.2, 0) is 14.4 Å². The molecule has 0 bridgehead atoms. The second kappa shape index (κ2) is 11.0. The summed E-state index contributed by atoms with van der Waals surface area (Å²) in [4.78, 5) is 50.8. The summed E-state index contributed by atoms with van der Waals surface area (Å²) in [6, 6.07) is 9.69. The van der Waals surface area contributed by atoms with Crippen molar-refractivity contribution in [1.82, 2.24) is 10.0 Å². The van der Waals surface area contributed by atoms with Gasteiger partial charge in [-0.25, -0.2) is 0 Å². The fourth-order valence-corrected chi connectivity index (χ4v) is 3.22. The maximum atomic E-state index is 13.3. The molecule has 2 heterocycles. The molecule has 2 aromatic rings. The van der Waals surface area contributed by atoms with E-state index in [0.29, 0.717) is 17.0 Å². The van der Waals surface area contributed by atoms with Crippen LogP contribution >= 0.6 is 0 Å². The molecule has 1 aliphatic heterocycles. The maximum Gasteiger partial charge on any atom is 0.263 e. The van der Waals surface area contributed by atoms with Gasteiger partial charge in [0.2, 0.25) is 0 Å². The van der Waals surface area contributed by atoms with Crippen molar-refractivity contribution in [3.05, 3.63) is 72.2 Å². The summed E-state index contributed by atoms with van der Waals surface area (Å²) in [5.74, 6) is -0.966. The van der Waals surface area contributed by atoms with E-state index in [0.717, 1.165) is 5.06 Å². The number of pyridine rings is 1. The number of benzene rings is 1. The van der Waals surface area contributed by atoms with Gasteiger partial charge >= 0.3 is 0 Å². The number of rotatable bonds is 8. The zero-order valence-corrected chi connectivity index (χ0v) is 19.2. The Bertz CT molecular complexity index is 1180. The van der Waals surface area contributed by atoms with Gasteiger partial charge in [-0.15, -0.1) is 5.06 Å². The zero-order chi connectivity index (χ0) is 24.7. The second-order valence-electron chi connectivity index (χ2n) is 7.50. The average Bonchev–Trinajstić information content (AvgIpc) is 3.12. The highest BCUT2D eigenvalue weighted by atomic mass is 16.7. The van der Waals surface area contributed by atoms with E-state index in [1.54, 1.807) is 68.7 Å². The topological polar surface area (TPSA) is 125 Å². The Labute approximate surface area is 197 Å². The number of nitrogens with one attached hydrogen (secondary N) is 2. The molecule has 1 fully saturated rings.